The monoisotopic (exact) mass is 632 g/mol. The molecule has 0 radical (unpaired) electrons. The minimum Gasteiger partial charge on any atom is -0.310 e. The van der Waals surface area contributed by atoms with Crippen molar-refractivity contribution in [2.45, 2.75) is 45.4 Å². The number of nitrogens with zero attached hydrogens (tertiary/aromatic N) is 2. The molecule has 238 valence electrons. The maximum absolute atomic E-state index is 2.47. The van der Waals surface area contributed by atoms with Crippen molar-refractivity contribution in [1.29, 1.82) is 0 Å². The van der Waals surface area contributed by atoms with Gasteiger partial charge in [0.2, 0.25) is 0 Å². The first-order valence-electron chi connectivity index (χ1n) is 17.4. The topological polar surface area (TPSA) is 6.48 Å². The first-order valence-corrected chi connectivity index (χ1v) is 17.4. The van der Waals surface area contributed by atoms with E-state index in [4.69, 9.17) is 0 Å². The van der Waals surface area contributed by atoms with Gasteiger partial charge in [0.1, 0.15) is 0 Å². The van der Waals surface area contributed by atoms with E-state index in [-0.39, 0.29) is 10.8 Å². The zero-order valence-electron chi connectivity index (χ0n) is 28.8. The lowest BCUT2D eigenvalue weighted by atomic mass is 9.77. The molecule has 0 saturated carbocycles. The molecule has 8 aromatic carbocycles. The molecule has 9 rings (SSSR count). The second-order valence-electron chi connectivity index (χ2n) is 15.1. The summed E-state index contributed by atoms with van der Waals surface area (Å²) in [6.45, 7) is 11.6. The number of fused-ring (bicyclic) bond motifs is 8. The normalized spacial score (nSPS) is 14.3. The van der Waals surface area contributed by atoms with Gasteiger partial charge in [-0.3, -0.25) is 0 Å². The van der Waals surface area contributed by atoms with Gasteiger partial charge in [-0.15, -0.1) is 0 Å². The van der Waals surface area contributed by atoms with Crippen LogP contribution in [0.5, 0.6) is 0 Å². The maximum Gasteiger partial charge on any atom is 0.0561 e. The second kappa shape index (κ2) is 10.7. The van der Waals surface area contributed by atoms with E-state index in [9.17, 15) is 0 Å². The van der Waals surface area contributed by atoms with Crippen LogP contribution in [0.4, 0.5) is 34.1 Å². The summed E-state index contributed by atoms with van der Waals surface area (Å²) in [5, 5.41) is 7.68. The third kappa shape index (κ3) is 4.62. The molecule has 1 aliphatic rings. The summed E-state index contributed by atoms with van der Waals surface area (Å²) in [6.07, 6.45) is 0. The highest BCUT2D eigenvalue weighted by Crippen LogP contribution is 2.51. The Kier molecular flexibility index (Phi) is 6.45. The van der Waals surface area contributed by atoms with Crippen molar-refractivity contribution in [1.82, 2.24) is 0 Å². The average Bonchev–Trinajstić information content (AvgIpc) is 3.12. The van der Waals surface area contributed by atoms with Gasteiger partial charge >= 0.3 is 0 Å². The molecule has 8 aromatic rings. The Bertz CT molecular complexity index is 2340. The third-order valence-electron chi connectivity index (χ3n) is 10.7. The Balaban J connectivity index is 1.50. The molecule has 0 saturated heterocycles. The molecular weight excluding hydrogens is 593 g/mol. The number of hydrogen-bond donors (Lipinski definition) is 0. The summed E-state index contributed by atoms with van der Waals surface area (Å²) >= 11 is 0. The minimum atomic E-state index is -0.226. The van der Waals surface area contributed by atoms with Crippen LogP contribution >= 0.6 is 0 Å². The number of anilines is 6. The van der Waals surface area contributed by atoms with Crippen LogP contribution in [0, 0.1) is 0 Å². The molecule has 0 unspecified atom stereocenters. The van der Waals surface area contributed by atoms with Gasteiger partial charge in [0.25, 0.3) is 0 Å². The van der Waals surface area contributed by atoms with Crippen LogP contribution in [0.25, 0.3) is 32.3 Å². The van der Waals surface area contributed by atoms with Gasteiger partial charge in [-0.1, -0.05) is 132 Å². The highest BCUT2D eigenvalue weighted by atomic mass is 15.2. The van der Waals surface area contributed by atoms with Crippen LogP contribution < -0.4 is 9.80 Å². The van der Waals surface area contributed by atoms with Gasteiger partial charge in [0.15, 0.2) is 0 Å². The molecule has 0 N–H and O–H groups in total. The maximum atomic E-state index is 2.47. The van der Waals surface area contributed by atoms with Gasteiger partial charge in [-0.05, 0) is 92.9 Å². The van der Waals surface area contributed by atoms with E-state index in [1.165, 1.54) is 49.0 Å². The van der Waals surface area contributed by atoms with Crippen LogP contribution in [0.3, 0.4) is 0 Å². The molecule has 0 amide bonds. The fourth-order valence-corrected chi connectivity index (χ4v) is 7.92. The molecule has 2 nitrogen and oxygen atoms in total. The minimum absolute atomic E-state index is 0.0482. The molecule has 1 heterocycles. The van der Waals surface area contributed by atoms with E-state index >= 15 is 0 Å². The number of benzene rings is 8. The molecule has 0 atom stereocenters. The molecule has 0 aliphatic carbocycles. The van der Waals surface area contributed by atoms with E-state index in [0.29, 0.717) is 0 Å². The van der Waals surface area contributed by atoms with Crippen molar-refractivity contribution in [3.05, 3.63) is 168 Å². The van der Waals surface area contributed by atoms with Crippen LogP contribution in [0.2, 0.25) is 0 Å². The van der Waals surface area contributed by atoms with E-state index < -0.39 is 0 Å². The van der Waals surface area contributed by atoms with Gasteiger partial charge < -0.3 is 9.80 Å². The summed E-state index contributed by atoms with van der Waals surface area (Å²) in [5.41, 5.74) is 10.6. The van der Waals surface area contributed by atoms with Gasteiger partial charge in [-0.2, -0.15) is 0 Å². The van der Waals surface area contributed by atoms with Crippen LogP contribution in [-0.4, -0.2) is 0 Å². The van der Waals surface area contributed by atoms with E-state index in [1.807, 2.05) is 0 Å². The van der Waals surface area contributed by atoms with E-state index in [1.54, 1.807) is 0 Å². The Morgan fingerprint density at radius 3 is 1.33 bits per heavy atom. The number of rotatable bonds is 2. The fourth-order valence-electron chi connectivity index (χ4n) is 7.92. The first-order chi connectivity index (χ1) is 23.7. The predicted octanol–water partition coefficient (Wildman–Crippen LogP) is 13.5. The number of para-hydroxylation sites is 2. The molecule has 0 spiro atoms. The standard InChI is InChI=1S/C47H40N2/c1-46(2,3)35-26-31-22-24-40-42-30-43(41-25-23-32(27-35)44(31)45(40)41)49(37-18-10-7-11-19-37)39-21-13-15-34(29-39)47(4,5)33-14-12-20-38(28-33)48(42)36-16-8-6-9-17-36/h6-30H,1-5H3. The molecule has 0 aromatic heterocycles. The van der Waals surface area contributed by atoms with Crippen LogP contribution in [0.1, 0.15) is 51.3 Å². The Morgan fingerprint density at radius 1 is 0.429 bits per heavy atom. The van der Waals surface area contributed by atoms with Crippen molar-refractivity contribution in [3.63, 3.8) is 0 Å². The lowest BCUT2D eigenvalue weighted by Crippen LogP contribution is -2.22. The van der Waals surface area contributed by atoms with Crippen molar-refractivity contribution in [3.8, 4) is 0 Å². The van der Waals surface area contributed by atoms with Crippen molar-refractivity contribution < 1.29 is 0 Å². The van der Waals surface area contributed by atoms with Gasteiger partial charge in [0.05, 0.1) is 11.4 Å². The third-order valence-corrected chi connectivity index (χ3v) is 10.7. The summed E-state index contributed by atoms with van der Waals surface area (Å²) in [6, 6.07) is 56.7. The molecule has 0 fully saturated rings. The fraction of sp³-hybridized carbons (Fsp3) is 0.149. The number of hydrogen-bond acceptors (Lipinski definition) is 2. The SMILES string of the molecule is CC(C)(C)c1cc2ccc3c4cc(c5ccc(c1)c2c35)N(c1ccccc1)c1cccc(c1)C(C)(C)c1cccc(c1)N4c1ccccc1. The molecule has 49 heavy (non-hydrogen) atoms. The van der Waals surface area contributed by atoms with Crippen LogP contribution in [0.15, 0.2) is 152 Å². The summed E-state index contributed by atoms with van der Waals surface area (Å²) in [5.74, 6) is 0. The zero-order chi connectivity index (χ0) is 33.5. The lowest BCUT2D eigenvalue weighted by Gasteiger charge is -2.35. The first kappa shape index (κ1) is 29.5. The highest BCUT2D eigenvalue weighted by Gasteiger charge is 2.29. The summed E-state index contributed by atoms with van der Waals surface area (Å²) in [4.78, 5) is 4.93. The van der Waals surface area contributed by atoms with Gasteiger partial charge in [-0.25, -0.2) is 0 Å². The highest BCUT2D eigenvalue weighted by molar-refractivity contribution is 6.29. The van der Waals surface area contributed by atoms with Crippen LogP contribution in [-0.2, 0) is 10.8 Å². The van der Waals surface area contributed by atoms with Crippen molar-refractivity contribution >= 4 is 66.4 Å². The van der Waals surface area contributed by atoms with Gasteiger partial charge in [0, 0.05) is 44.3 Å². The Morgan fingerprint density at radius 2 is 0.878 bits per heavy atom. The Labute approximate surface area is 289 Å². The summed E-state index contributed by atoms with van der Waals surface area (Å²) in [7, 11) is 0. The van der Waals surface area contributed by atoms with Crippen molar-refractivity contribution in [2.75, 3.05) is 9.80 Å². The molecular formula is C47H40N2. The average molecular weight is 633 g/mol. The van der Waals surface area contributed by atoms with Crippen molar-refractivity contribution in [2.24, 2.45) is 0 Å². The zero-order valence-corrected chi connectivity index (χ0v) is 28.8. The molecule has 1 aliphatic heterocycles. The Hall–Kier alpha value is -5.60. The predicted molar refractivity (Wildman–Crippen MR) is 210 cm³/mol. The van der Waals surface area contributed by atoms with E-state index in [0.717, 1.165) is 34.1 Å². The lowest BCUT2D eigenvalue weighted by molar-refractivity contribution is 0.591. The summed E-state index contributed by atoms with van der Waals surface area (Å²) < 4.78 is 0. The smallest absolute Gasteiger partial charge is 0.0561 e. The second-order valence-corrected chi connectivity index (χ2v) is 15.1. The molecule has 2 heteroatoms. The molecule has 6 bridgehead atoms. The quantitative estimate of drug-likeness (QED) is 0.175. The van der Waals surface area contributed by atoms with E-state index in [2.05, 4.69) is 196 Å². The largest absolute Gasteiger partial charge is 0.310 e.